The van der Waals surface area contributed by atoms with Crippen LogP contribution in [-0.2, 0) is 109 Å². The van der Waals surface area contributed by atoms with Crippen molar-refractivity contribution < 1.29 is 257 Å². The van der Waals surface area contributed by atoms with E-state index in [-0.39, 0.29) is 12.8 Å². The normalized spacial score (nSPS) is 55.0. The molecule has 12 aliphatic heterocycles. The fourth-order valence-electron chi connectivity index (χ4n) is 16.9. The van der Waals surface area contributed by atoms with E-state index in [4.69, 9.17) is 109 Å². The molecule has 12 heterocycles. The lowest BCUT2D eigenvalue weighted by molar-refractivity contribution is -0.419. The minimum absolute atomic E-state index is 0.329. The molecule has 124 heavy (non-hydrogen) atoms. The Morgan fingerprint density at radius 2 is 0.387 bits per heavy atom. The van der Waals surface area contributed by atoms with Crippen LogP contribution in [0.5, 0.6) is 0 Å². The Morgan fingerprint density at radius 1 is 0.169 bits per heavy atom. The number of ether oxygens (including phenoxy) is 23. The summed E-state index contributed by atoms with van der Waals surface area (Å²) in [6.45, 7) is 1.60. The molecule has 12 rings (SSSR count). The standard InChI is InChI=1S/C72H122O52/c1-16-22(79)7-25(82)62(103-16)118-54-37(88)31(13-76)111-70(58(54)122-67-46(97)40(91)34(85)28(10-73)108-67)115-51-20(5)106-65(47(98)43(51)94)117-53-36(87)30(12-75)109-68(49(53)100)123-59-55(119-63-26(83)8-23(80)17(2)104-63)38(89)32(14-77)112-71(59)116-52-21(6)107-66(48(99)44(52)95)121-57-41(92)35(86)29(11-74)110-69(57)124-60-56(120-64-27(84)9-24(81)18(3)105-64)39(90)33(15-78)113-72(60)114-50-19(4)102-61(101)45(96)42(50)93/h16-101H,7-15H2,1-6H3/t16-,17-,18-,19+,20+,21+,22+,23+,24+,25+,26+,27+,28-,29-,30-,31-,32-,33-,34+,35+,36+,37-,38-,39-,40+,41+,42+,43+,44+,45-,46-,47-,48-,49-,50+,51+,52+,53+,54+,55+,56+,57-,58+,59+,60+,61-,62-,63-,64-,65+,66+,67-,68-,69-,70-,71-,72-/m1/s1. The topological polar surface area (TPSA) is 799 Å². The van der Waals surface area contributed by atoms with E-state index in [1.165, 1.54) is 41.5 Å². The Kier molecular flexibility index (Phi) is 35.1. The molecule has 0 unspecified atom stereocenters. The highest BCUT2D eigenvalue weighted by Crippen LogP contribution is 2.44. The summed E-state index contributed by atoms with van der Waals surface area (Å²) in [5, 5.41) is 325. The first-order valence-corrected chi connectivity index (χ1v) is 41.0. The summed E-state index contributed by atoms with van der Waals surface area (Å²) in [5.74, 6) is 0. The fourth-order valence-corrected chi connectivity index (χ4v) is 16.9. The van der Waals surface area contributed by atoms with Crippen LogP contribution in [0.4, 0.5) is 0 Å². The fraction of sp³-hybridized carbons (Fsp3) is 1.00. The first-order chi connectivity index (χ1) is 58.7. The van der Waals surface area contributed by atoms with Gasteiger partial charge in [0.15, 0.2) is 75.5 Å². The van der Waals surface area contributed by atoms with Gasteiger partial charge in [-0.25, -0.2) is 0 Å². The van der Waals surface area contributed by atoms with Gasteiger partial charge in [0.05, 0.1) is 94.6 Å². The Morgan fingerprint density at radius 3 is 0.734 bits per heavy atom. The highest BCUT2D eigenvalue weighted by molar-refractivity contribution is 5.04. The summed E-state index contributed by atoms with van der Waals surface area (Å²) >= 11 is 0. The molecule has 0 aromatic carbocycles. The molecule has 12 fully saturated rings. The molecule has 12 saturated heterocycles. The van der Waals surface area contributed by atoms with Gasteiger partial charge in [0.25, 0.3) is 0 Å². The third kappa shape index (κ3) is 21.3. The number of hydrogen-bond donors (Lipinski definition) is 29. The molecule has 722 valence electrons. The van der Waals surface area contributed by atoms with Crippen molar-refractivity contribution in [3.8, 4) is 0 Å². The predicted octanol–water partition coefficient (Wildman–Crippen LogP) is -17.9. The van der Waals surface area contributed by atoms with Gasteiger partial charge in [-0.2, -0.15) is 0 Å². The van der Waals surface area contributed by atoms with Crippen molar-refractivity contribution in [1.82, 2.24) is 0 Å². The van der Waals surface area contributed by atoms with Crippen LogP contribution in [0.1, 0.15) is 60.8 Å². The molecule has 0 bridgehead atoms. The molecule has 0 amide bonds. The monoisotopic (exact) mass is 1820 g/mol. The Bertz CT molecular complexity index is 3230. The van der Waals surface area contributed by atoms with Gasteiger partial charge in [-0.1, -0.05) is 0 Å². The van der Waals surface area contributed by atoms with Crippen LogP contribution in [0.15, 0.2) is 0 Å². The van der Waals surface area contributed by atoms with Crippen molar-refractivity contribution in [1.29, 1.82) is 0 Å². The Balaban J connectivity index is 0.795. The first kappa shape index (κ1) is 101. The molecule has 0 radical (unpaired) electrons. The van der Waals surface area contributed by atoms with Gasteiger partial charge in [-0.3, -0.25) is 0 Å². The smallest absolute Gasteiger partial charge is 0.187 e. The zero-order valence-corrected chi connectivity index (χ0v) is 67.6. The Labute approximate surface area is 705 Å². The average molecular weight is 1820 g/mol. The molecule has 0 saturated carbocycles. The van der Waals surface area contributed by atoms with Gasteiger partial charge < -0.3 is 257 Å². The lowest BCUT2D eigenvalue weighted by atomic mass is 9.95. The largest absolute Gasteiger partial charge is 0.394 e. The zero-order valence-electron chi connectivity index (χ0n) is 67.6. The van der Waals surface area contributed by atoms with Gasteiger partial charge in [-0.05, 0) is 41.5 Å². The van der Waals surface area contributed by atoms with Crippen molar-refractivity contribution in [3.63, 3.8) is 0 Å². The number of aliphatic hydroxyl groups excluding tert-OH is 29. The zero-order chi connectivity index (χ0) is 90.5. The summed E-state index contributed by atoms with van der Waals surface area (Å²) in [5.41, 5.74) is 0. The highest BCUT2D eigenvalue weighted by atomic mass is 16.8. The van der Waals surface area contributed by atoms with Crippen LogP contribution in [0.2, 0.25) is 0 Å². The second-order valence-corrected chi connectivity index (χ2v) is 33.2. The van der Waals surface area contributed by atoms with E-state index in [0.29, 0.717) is 0 Å². The van der Waals surface area contributed by atoms with E-state index < -0.39 is 396 Å². The van der Waals surface area contributed by atoms with Crippen molar-refractivity contribution in [2.75, 3.05) is 39.6 Å². The maximum Gasteiger partial charge on any atom is 0.187 e. The summed E-state index contributed by atoms with van der Waals surface area (Å²) in [6, 6.07) is 0. The third-order valence-corrected chi connectivity index (χ3v) is 24.5. The molecule has 52 nitrogen and oxygen atoms in total. The molecule has 12 aliphatic rings. The van der Waals surface area contributed by atoms with E-state index in [9.17, 15) is 148 Å². The van der Waals surface area contributed by atoms with Crippen molar-refractivity contribution in [3.05, 3.63) is 0 Å². The predicted molar refractivity (Wildman–Crippen MR) is 382 cm³/mol. The van der Waals surface area contributed by atoms with Crippen LogP contribution >= 0.6 is 0 Å². The molecule has 0 aromatic rings. The van der Waals surface area contributed by atoms with Crippen LogP contribution in [-0.4, -0.2) is 538 Å². The Hall–Kier alpha value is -2.08. The van der Waals surface area contributed by atoms with Crippen LogP contribution in [0, 0.1) is 0 Å². The minimum Gasteiger partial charge on any atom is -0.394 e. The van der Waals surface area contributed by atoms with E-state index >= 15 is 0 Å². The minimum atomic E-state index is -2.43. The molecule has 52 heteroatoms. The molecule has 29 N–H and O–H groups in total. The van der Waals surface area contributed by atoms with Gasteiger partial charge in [-0.15, -0.1) is 0 Å². The van der Waals surface area contributed by atoms with Gasteiger partial charge in [0, 0.05) is 19.3 Å². The lowest BCUT2D eigenvalue weighted by Crippen LogP contribution is -2.69. The van der Waals surface area contributed by atoms with E-state index in [1.807, 2.05) is 0 Å². The highest BCUT2D eigenvalue weighted by Gasteiger charge is 2.63. The summed E-state index contributed by atoms with van der Waals surface area (Å²) in [6.07, 6.45) is -110. The van der Waals surface area contributed by atoms with E-state index in [2.05, 4.69) is 0 Å². The lowest BCUT2D eigenvalue weighted by Gasteiger charge is -2.52. The average Bonchev–Trinajstić information content (AvgIpc) is 0.765. The van der Waals surface area contributed by atoms with Crippen molar-refractivity contribution in [2.24, 2.45) is 0 Å². The summed E-state index contributed by atoms with van der Waals surface area (Å²) in [7, 11) is 0. The first-order valence-electron chi connectivity index (χ1n) is 41.0. The maximum atomic E-state index is 12.4. The van der Waals surface area contributed by atoms with Crippen molar-refractivity contribution >= 4 is 0 Å². The van der Waals surface area contributed by atoms with Gasteiger partial charge >= 0.3 is 0 Å². The van der Waals surface area contributed by atoms with Crippen LogP contribution < -0.4 is 0 Å². The second-order valence-electron chi connectivity index (χ2n) is 33.2. The maximum absolute atomic E-state index is 12.4. The molecule has 0 aliphatic carbocycles. The molecule has 57 atom stereocenters. The quantitative estimate of drug-likeness (QED) is 0.0346. The molecule has 0 aromatic heterocycles. The van der Waals surface area contributed by atoms with E-state index in [1.54, 1.807) is 0 Å². The van der Waals surface area contributed by atoms with Gasteiger partial charge in [0.2, 0.25) is 0 Å². The number of aliphatic hydroxyl groups is 29. The summed E-state index contributed by atoms with van der Waals surface area (Å²) in [4.78, 5) is 0. The number of hydrogen-bond acceptors (Lipinski definition) is 52. The molecule has 0 spiro atoms. The summed E-state index contributed by atoms with van der Waals surface area (Å²) < 4.78 is 139. The van der Waals surface area contributed by atoms with E-state index in [0.717, 1.165) is 0 Å². The molecular weight excluding hydrogens is 1700 g/mol. The van der Waals surface area contributed by atoms with Crippen LogP contribution in [0.25, 0.3) is 0 Å². The number of rotatable bonds is 28. The van der Waals surface area contributed by atoms with Crippen molar-refractivity contribution in [2.45, 2.75) is 411 Å². The third-order valence-electron chi connectivity index (χ3n) is 24.5. The van der Waals surface area contributed by atoms with Crippen LogP contribution in [0.3, 0.4) is 0 Å². The van der Waals surface area contributed by atoms with Gasteiger partial charge in [0.1, 0.15) is 220 Å². The second kappa shape index (κ2) is 43.1. The SMILES string of the molecule is C[C@@H]1O[C@@H](O)[C@H](O)[C@H](O)[C@H]1O[C@H]1O[C@H](CO)[C@@H](O)[C@H](O[C@H]2O[C@H](C)[C@@H](O)C[C@@H]2O)[C@@H]1O[C@H]1O[C@H](CO)[C@H](O)[C@H](O)[C@H]1O[C@@H]1O[C@@H](C)[C@H](O[C@H]2O[C@H](CO)[C@@H](O)[C@H](O[C@H]3O[C@H](C)[C@@H](O)C[C@@H]3O)[C@@H]2O[C@H]2O[C@H](CO)[C@H](O)[C@H](O[C@@H]3O[C@@H](C)[C@H](O[C@H]4O[C@H](CO)[C@@H](O)[C@H](O[C@H]5O[C@H](C)[C@@H](O)C[C@@H]5O)[C@@H]4O[C@H]4O[C@H](CO)[C@H](O)[C@H](O)[C@H]4O)[C@@H](O)[C@H]3O)[C@H]2O)[C@@H](O)[C@H]1O. The molecular formula is C72H122O52.